The lowest BCUT2D eigenvalue weighted by molar-refractivity contribution is 0.420. The fraction of sp³-hybridized carbons (Fsp3) is 1.00. The van der Waals surface area contributed by atoms with Crippen molar-refractivity contribution >= 4 is 11.8 Å². The first-order valence-electron chi connectivity index (χ1n) is 5.63. The minimum absolute atomic E-state index is 0.806. The zero-order valence-electron chi connectivity index (χ0n) is 8.75. The lowest BCUT2D eigenvalue weighted by Gasteiger charge is -2.21. The molecule has 0 spiro atoms. The first kappa shape index (κ1) is 9.85. The van der Waals surface area contributed by atoms with E-state index in [0.29, 0.717) is 0 Å². The maximum Gasteiger partial charge on any atom is 0.0194 e. The van der Waals surface area contributed by atoms with Crippen molar-refractivity contribution in [3.05, 3.63) is 0 Å². The molecular weight excluding hydrogens is 178 g/mol. The van der Waals surface area contributed by atoms with Crippen LogP contribution in [0.3, 0.4) is 0 Å². The van der Waals surface area contributed by atoms with Gasteiger partial charge in [0.1, 0.15) is 0 Å². The van der Waals surface area contributed by atoms with Crippen molar-refractivity contribution in [2.45, 2.75) is 56.9 Å². The average molecular weight is 199 g/mol. The van der Waals surface area contributed by atoms with E-state index in [-0.39, 0.29) is 0 Å². The third kappa shape index (κ3) is 2.41. The summed E-state index contributed by atoms with van der Waals surface area (Å²) in [4.78, 5) is 0. The quantitative estimate of drug-likeness (QED) is 0.734. The highest BCUT2D eigenvalue weighted by molar-refractivity contribution is 8.00. The van der Waals surface area contributed by atoms with E-state index >= 15 is 0 Å². The van der Waals surface area contributed by atoms with Crippen LogP contribution in [0.5, 0.6) is 0 Å². The molecule has 1 heterocycles. The van der Waals surface area contributed by atoms with Crippen LogP contribution in [-0.2, 0) is 0 Å². The van der Waals surface area contributed by atoms with Gasteiger partial charge in [0.2, 0.25) is 0 Å². The largest absolute Gasteiger partial charge is 0.310 e. The molecule has 1 saturated heterocycles. The van der Waals surface area contributed by atoms with Crippen LogP contribution in [-0.4, -0.2) is 23.1 Å². The van der Waals surface area contributed by atoms with Gasteiger partial charge in [-0.25, -0.2) is 0 Å². The zero-order valence-corrected chi connectivity index (χ0v) is 9.57. The predicted octanol–water partition coefficient (Wildman–Crippen LogP) is 2.66. The lowest BCUT2D eigenvalue weighted by atomic mass is 10.1. The van der Waals surface area contributed by atoms with Crippen molar-refractivity contribution in [2.24, 2.45) is 5.92 Å². The Labute approximate surface area is 86.0 Å². The Balaban J connectivity index is 1.77. The molecule has 76 valence electrons. The van der Waals surface area contributed by atoms with E-state index in [1.165, 1.54) is 31.4 Å². The van der Waals surface area contributed by atoms with Gasteiger partial charge in [0.25, 0.3) is 0 Å². The zero-order chi connectivity index (χ0) is 9.26. The van der Waals surface area contributed by atoms with Crippen molar-refractivity contribution in [3.63, 3.8) is 0 Å². The Morgan fingerprint density at radius 2 is 2.00 bits per heavy atom. The molecule has 4 unspecified atom stereocenters. The molecule has 0 aromatic carbocycles. The molecule has 1 N–H and O–H groups in total. The Bertz CT molecular complexity index is 171. The molecule has 0 bridgehead atoms. The third-order valence-corrected chi connectivity index (χ3v) is 4.85. The normalized spacial score (nSPS) is 45.7. The van der Waals surface area contributed by atoms with Crippen LogP contribution < -0.4 is 5.32 Å². The number of nitrogens with one attached hydrogen (secondary N) is 1. The van der Waals surface area contributed by atoms with Gasteiger partial charge in [-0.1, -0.05) is 13.8 Å². The van der Waals surface area contributed by atoms with Crippen LogP contribution >= 0.6 is 11.8 Å². The monoisotopic (exact) mass is 199 g/mol. The molecule has 1 nitrogen and oxygen atoms in total. The summed E-state index contributed by atoms with van der Waals surface area (Å²) < 4.78 is 0. The first-order valence-corrected chi connectivity index (χ1v) is 6.68. The second kappa shape index (κ2) is 4.22. The average Bonchev–Trinajstić information content (AvgIpc) is 2.64. The van der Waals surface area contributed by atoms with Gasteiger partial charge in [-0.15, -0.1) is 0 Å². The summed E-state index contributed by atoms with van der Waals surface area (Å²) in [6.45, 7) is 4.75. The van der Waals surface area contributed by atoms with Crippen molar-refractivity contribution in [1.82, 2.24) is 5.32 Å². The summed E-state index contributed by atoms with van der Waals surface area (Å²) in [5.74, 6) is 2.32. The van der Waals surface area contributed by atoms with Crippen LogP contribution in [0.1, 0.15) is 39.5 Å². The van der Waals surface area contributed by atoms with E-state index < -0.39 is 0 Å². The fourth-order valence-corrected chi connectivity index (χ4v) is 3.82. The van der Waals surface area contributed by atoms with Gasteiger partial charge in [-0.2, -0.15) is 11.8 Å². The molecule has 4 atom stereocenters. The van der Waals surface area contributed by atoms with Crippen molar-refractivity contribution in [2.75, 3.05) is 5.75 Å². The molecule has 1 saturated carbocycles. The van der Waals surface area contributed by atoms with Gasteiger partial charge >= 0.3 is 0 Å². The van der Waals surface area contributed by atoms with Crippen LogP contribution in [0.15, 0.2) is 0 Å². The number of hydrogen-bond acceptors (Lipinski definition) is 2. The maximum absolute atomic E-state index is 3.84. The van der Waals surface area contributed by atoms with Gasteiger partial charge in [-0.05, 0) is 37.4 Å². The Hall–Kier alpha value is 0.310. The summed E-state index contributed by atoms with van der Waals surface area (Å²) in [6.07, 6.45) is 5.64. The minimum atomic E-state index is 0.806. The lowest BCUT2D eigenvalue weighted by Crippen LogP contribution is -2.39. The highest BCUT2D eigenvalue weighted by atomic mass is 32.2. The SMILES string of the molecule is CC1CCC(NC2CCSC2C)C1. The summed E-state index contributed by atoms with van der Waals surface area (Å²) >= 11 is 2.13. The summed E-state index contributed by atoms with van der Waals surface area (Å²) in [5.41, 5.74) is 0. The Morgan fingerprint density at radius 3 is 2.54 bits per heavy atom. The second-order valence-electron chi connectivity index (χ2n) is 4.75. The number of thioether (sulfide) groups is 1. The Morgan fingerprint density at radius 1 is 1.15 bits per heavy atom. The van der Waals surface area contributed by atoms with Gasteiger partial charge in [-0.3, -0.25) is 0 Å². The fourth-order valence-electron chi connectivity index (χ4n) is 2.61. The maximum atomic E-state index is 3.84. The van der Waals surface area contributed by atoms with Crippen LogP contribution in [0.2, 0.25) is 0 Å². The van der Waals surface area contributed by atoms with E-state index in [2.05, 4.69) is 30.9 Å². The van der Waals surface area contributed by atoms with Crippen LogP contribution in [0.4, 0.5) is 0 Å². The Kier molecular flexibility index (Phi) is 3.20. The summed E-state index contributed by atoms with van der Waals surface area (Å²) in [6, 6.07) is 1.64. The summed E-state index contributed by atoms with van der Waals surface area (Å²) in [5, 5.41) is 4.68. The van der Waals surface area contributed by atoms with Gasteiger partial charge < -0.3 is 5.32 Å². The molecule has 0 aromatic heterocycles. The summed E-state index contributed by atoms with van der Waals surface area (Å²) in [7, 11) is 0. The molecule has 2 heteroatoms. The smallest absolute Gasteiger partial charge is 0.0194 e. The van der Waals surface area contributed by atoms with Crippen molar-refractivity contribution < 1.29 is 0 Å². The van der Waals surface area contributed by atoms with Crippen LogP contribution in [0, 0.1) is 5.92 Å². The highest BCUT2D eigenvalue weighted by Gasteiger charge is 2.28. The highest BCUT2D eigenvalue weighted by Crippen LogP contribution is 2.30. The van der Waals surface area contributed by atoms with E-state index in [0.717, 1.165) is 23.3 Å². The number of rotatable bonds is 2. The number of hydrogen-bond donors (Lipinski definition) is 1. The molecule has 2 aliphatic rings. The molecule has 1 aliphatic carbocycles. The molecule has 13 heavy (non-hydrogen) atoms. The molecule has 2 rings (SSSR count). The van der Waals surface area contributed by atoms with E-state index in [9.17, 15) is 0 Å². The molecule has 0 aromatic rings. The van der Waals surface area contributed by atoms with Crippen molar-refractivity contribution in [3.8, 4) is 0 Å². The minimum Gasteiger partial charge on any atom is -0.310 e. The molecule has 0 radical (unpaired) electrons. The predicted molar refractivity (Wildman–Crippen MR) is 60.3 cm³/mol. The second-order valence-corrected chi connectivity index (χ2v) is 6.24. The molecule has 1 aliphatic heterocycles. The van der Waals surface area contributed by atoms with E-state index in [1.807, 2.05) is 0 Å². The van der Waals surface area contributed by atoms with Gasteiger partial charge in [0.05, 0.1) is 0 Å². The standard InChI is InChI=1S/C11H21NS/c1-8-3-4-10(7-8)12-11-5-6-13-9(11)2/h8-12H,3-7H2,1-2H3. The molecule has 2 fully saturated rings. The third-order valence-electron chi connectivity index (χ3n) is 3.52. The van der Waals surface area contributed by atoms with Crippen LogP contribution in [0.25, 0.3) is 0 Å². The topological polar surface area (TPSA) is 12.0 Å². The van der Waals surface area contributed by atoms with E-state index in [4.69, 9.17) is 0 Å². The molecule has 0 amide bonds. The van der Waals surface area contributed by atoms with E-state index in [1.54, 1.807) is 0 Å². The van der Waals surface area contributed by atoms with Gasteiger partial charge in [0, 0.05) is 17.3 Å². The molecular formula is C11H21NS. The van der Waals surface area contributed by atoms with Gasteiger partial charge in [0.15, 0.2) is 0 Å². The first-order chi connectivity index (χ1) is 6.25. The van der Waals surface area contributed by atoms with Crippen molar-refractivity contribution in [1.29, 1.82) is 0 Å².